The average molecular weight is 335 g/mol. The molecule has 0 saturated heterocycles. The number of aryl methyl sites for hydroxylation is 3. The summed E-state index contributed by atoms with van der Waals surface area (Å²) in [6.07, 6.45) is -1.25. The van der Waals surface area contributed by atoms with Crippen molar-refractivity contribution in [1.29, 1.82) is 0 Å². The third kappa shape index (κ3) is 5.71. The van der Waals surface area contributed by atoms with Crippen molar-refractivity contribution in [2.75, 3.05) is 6.54 Å². The molecule has 132 valence electrons. The minimum absolute atomic E-state index is 0.237. The second-order valence-electron chi connectivity index (χ2n) is 6.59. The van der Waals surface area contributed by atoms with E-state index in [0.717, 1.165) is 23.5 Å². The number of hydrogen-bond acceptors (Lipinski definition) is 2. The van der Waals surface area contributed by atoms with E-state index in [-0.39, 0.29) is 5.92 Å². The number of alkyl halides is 2. The van der Waals surface area contributed by atoms with Crippen LogP contribution in [0.15, 0.2) is 36.4 Å². The molecule has 2 atom stereocenters. The van der Waals surface area contributed by atoms with E-state index in [4.69, 9.17) is 0 Å². The van der Waals surface area contributed by atoms with Gasteiger partial charge in [-0.25, -0.2) is 8.78 Å². The summed E-state index contributed by atoms with van der Waals surface area (Å²) in [6, 6.07) is 11.0. The summed E-state index contributed by atoms with van der Waals surface area (Å²) in [7, 11) is 0. The van der Waals surface area contributed by atoms with Gasteiger partial charge in [0.05, 0.1) is 11.7 Å². The molecule has 1 aromatic carbocycles. The van der Waals surface area contributed by atoms with Crippen LogP contribution in [-0.2, 0) is 13.0 Å². The first-order chi connectivity index (χ1) is 11.5. The summed E-state index contributed by atoms with van der Waals surface area (Å²) in [5, 5.41) is 7.47. The highest BCUT2D eigenvalue weighted by Crippen LogP contribution is 2.12. The number of benzene rings is 1. The fraction of sp³-hybridized carbons (Fsp3) is 0.526. The smallest absolute Gasteiger partial charge is 0.253 e. The molecule has 0 unspecified atom stereocenters. The van der Waals surface area contributed by atoms with Crippen LogP contribution in [0.25, 0.3) is 0 Å². The summed E-state index contributed by atoms with van der Waals surface area (Å²) < 4.78 is 28.5. The van der Waals surface area contributed by atoms with Crippen LogP contribution < -0.4 is 5.32 Å². The molecule has 0 spiro atoms. The lowest BCUT2D eigenvalue weighted by Crippen LogP contribution is -2.39. The second-order valence-corrected chi connectivity index (χ2v) is 6.59. The Hall–Kier alpha value is -1.75. The summed E-state index contributed by atoms with van der Waals surface area (Å²) >= 11 is 0. The van der Waals surface area contributed by atoms with Crippen LogP contribution in [0, 0.1) is 19.8 Å². The van der Waals surface area contributed by atoms with E-state index in [1.54, 1.807) is 0 Å². The highest BCUT2D eigenvalue weighted by molar-refractivity contribution is 5.14. The van der Waals surface area contributed by atoms with Gasteiger partial charge < -0.3 is 5.32 Å². The van der Waals surface area contributed by atoms with Crippen molar-refractivity contribution in [3.63, 3.8) is 0 Å². The molecule has 1 N–H and O–H groups in total. The van der Waals surface area contributed by atoms with E-state index in [1.165, 1.54) is 0 Å². The molecule has 0 radical (unpaired) electrons. The Labute approximate surface area is 143 Å². The number of nitrogens with zero attached hydrogens (tertiary/aromatic N) is 2. The largest absolute Gasteiger partial charge is 0.309 e. The zero-order chi connectivity index (χ0) is 17.5. The summed E-state index contributed by atoms with van der Waals surface area (Å²) in [5.74, 6) is 0.237. The van der Waals surface area contributed by atoms with Crippen molar-refractivity contribution in [3.8, 4) is 0 Å². The highest BCUT2D eigenvalue weighted by atomic mass is 19.3. The Morgan fingerprint density at radius 3 is 2.46 bits per heavy atom. The predicted molar refractivity (Wildman–Crippen MR) is 93.4 cm³/mol. The zero-order valence-electron chi connectivity index (χ0n) is 14.7. The van der Waals surface area contributed by atoms with E-state index < -0.39 is 12.5 Å². The van der Waals surface area contributed by atoms with Gasteiger partial charge >= 0.3 is 0 Å². The van der Waals surface area contributed by atoms with Crippen LogP contribution in [-0.4, -0.2) is 28.8 Å². The van der Waals surface area contributed by atoms with Gasteiger partial charge in [0.25, 0.3) is 6.43 Å². The molecule has 2 rings (SSSR count). The lowest BCUT2D eigenvalue weighted by Gasteiger charge is -2.21. The SMILES string of the molecule is Cc1cc(C)n(C[C@H](C)CN[C@H](CCc2ccccc2)C(F)F)n1. The second kappa shape index (κ2) is 8.92. The first-order valence-corrected chi connectivity index (χ1v) is 8.52. The molecule has 0 fully saturated rings. The standard InChI is InChI=1S/C19H27F2N3/c1-14(13-24-16(3)11-15(2)23-24)12-22-18(19(20)21)10-9-17-7-5-4-6-8-17/h4-8,11,14,18-19,22H,9-10,12-13H2,1-3H3/t14-,18-/m1/s1. The van der Waals surface area contributed by atoms with Gasteiger partial charge in [-0.3, -0.25) is 4.68 Å². The summed E-state index contributed by atoms with van der Waals surface area (Å²) in [6.45, 7) is 7.33. The first-order valence-electron chi connectivity index (χ1n) is 8.52. The molecule has 0 amide bonds. The molecule has 0 aliphatic carbocycles. The minimum Gasteiger partial charge on any atom is -0.309 e. The van der Waals surface area contributed by atoms with Gasteiger partial charge in [-0.05, 0) is 50.8 Å². The predicted octanol–water partition coefficient (Wildman–Crippen LogP) is 3.99. The van der Waals surface area contributed by atoms with Gasteiger partial charge in [-0.2, -0.15) is 5.10 Å². The topological polar surface area (TPSA) is 29.9 Å². The van der Waals surface area contributed by atoms with Gasteiger partial charge in [0, 0.05) is 12.2 Å². The maximum atomic E-state index is 13.3. The van der Waals surface area contributed by atoms with E-state index in [0.29, 0.717) is 19.4 Å². The van der Waals surface area contributed by atoms with Crippen LogP contribution >= 0.6 is 0 Å². The Bertz CT molecular complexity index is 610. The first kappa shape index (κ1) is 18.6. The maximum absolute atomic E-state index is 13.3. The van der Waals surface area contributed by atoms with Gasteiger partial charge in [0.2, 0.25) is 0 Å². The zero-order valence-corrected chi connectivity index (χ0v) is 14.7. The van der Waals surface area contributed by atoms with Crippen molar-refractivity contribution in [2.45, 2.75) is 52.6 Å². The van der Waals surface area contributed by atoms with Crippen molar-refractivity contribution in [3.05, 3.63) is 53.3 Å². The number of aromatic nitrogens is 2. The molecule has 3 nitrogen and oxygen atoms in total. The van der Waals surface area contributed by atoms with Crippen molar-refractivity contribution >= 4 is 0 Å². The minimum atomic E-state index is -2.35. The fourth-order valence-corrected chi connectivity index (χ4v) is 2.86. The highest BCUT2D eigenvalue weighted by Gasteiger charge is 2.20. The number of halogens is 2. The number of hydrogen-bond donors (Lipinski definition) is 1. The van der Waals surface area contributed by atoms with Crippen LogP contribution in [0.5, 0.6) is 0 Å². The molecular weight excluding hydrogens is 308 g/mol. The lowest BCUT2D eigenvalue weighted by atomic mass is 10.0. The van der Waals surface area contributed by atoms with Crippen LogP contribution in [0.4, 0.5) is 8.78 Å². The van der Waals surface area contributed by atoms with Gasteiger partial charge in [0.15, 0.2) is 0 Å². The third-order valence-electron chi connectivity index (χ3n) is 4.21. The van der Waals surface area contributed by atoms with Crippen molar-refractivity contribution in [2.24, 2.45) is 5.92 Å². The molecule has 1 heterocycles. The Morgan fingerprint density at radius 1 is 1.17 bits per heavy atom. The Morgan fingerprint density at radius 2 is 1.88 bits per heavy atom. The summed E-state index contributed by atoms with van der Waals surface area (Å²) in [4.78, 5) is 0. The quantitative estimate of drug-likeness (QED) is 0.751. The van der Waals surface area contributed by atoms with Crippen molar-refractivity contribution < 1.29 is 8.78 Å². The van der Waals surface area contributed by atoms with E-state index in [9.17, 15) is 8.78 Å². The molecule has 2 aromatic rings. The molecule has 0 bridgehead atoms. The van der Waals surface area contributed by atoms with Crippen LogP contribution in [0.1, 0.15) is 30.3 Å². The molecule has 0 aliphatic rings. The van der Waals surface area contributed by atoms with Crippen molar-refractivity contribution in [1.82, 2.24) is 15.1 Å². The maximum Gasteiger partial charge on any atom is 0.253 e. The van der Waals surface area contributed by atoms with Gasteiger partial charge in [0.1, 0.15) is 0 Å². The number of rotatable bonds is 9. The number of nitrogens with one attached hydrogen (secondary N) is 1. The molecule has 24 heavy (non-hydrogen) atoms. The molecule has 0 saturated carbocycles. The Kier molecular flexibility index (Phi) is 6.91. The van der Waals surface area contributed by atoms with E-state index >= 15 is 0 Å². The molecular formula is C19H27F2N3. The lowest BCUT2D eigenvalue weighted by molar-refractivity contribution is 0.0917. The molecule has 1 aromatic heterocycles. The van der Waals surface area contributed by atoms with Crippen LogP contribution in [0.2, 0.25) is 0 Å². The average Bonchev–Trinajstić information content (AvgIpc) is 2.85. The normalized spacial score (nSPS) is 14.1. The van der Waals surface area contributed by atoms with Crippen LogP contribution in [0.3, 0.4) is 0 Å². The van der Waals surface area contributed by atoms with Gasteiger partial charge in [-0.1, -0.05) is 37.3 Å². The van der Waals surface area contributed by atoms with E-state index in [2.05, 4.69) is 17.3 Å². The Balaban J connectivity index is 1.81. The fourth-order valence-electron chi connectivity index (χ4n) is 2.86. The third-order valence-corrected chi connectivity index (χ3v) is 4.21. The molecule has 5 heteroatoms. The summed E-state index contributed by atoms with van der Waals surface area (Å²) in [5.41, 5.74) is 3.19. The molecule has 0 aliphatic heterocycles. The van der Waals surface area contributed by atoms with Gasteiger partial charge in [-0.15, -0.1) is 0 Å². The monoisotopic (exact) mass is 335 g/mol. The van der Waals surface area contributed by atoms with E-state index in [1.807, 2.05) is 54.9 Å².